The molecule has 8 atom stereocenters. The van der Waals surface area contributed by atoms with E-state index in [1.165, 1.54) is 0 Å². The minimum atomic E-state index is -0.883. The van der Waals surface area contributed by atoms with Crippen LogP contribution in [-0.4, -0.2) is 29.8 Å². The molecule has 26 heavy (non-hydrogen) atoms. The van der Waals surface area contributed by atoms with E-state index in [4.69, 9.17) is 13.9 Å². The van der Waals surface area contributed by atoms with Crippen molar-refractivity contribution in [3.05, 3.63) is 36.3 Å². The molecule has 3 heterocycles. The Balaban J connectivity index is 1.51. The number of allylic oxidation sites excluding steroid dienone is 1. The van der Waals surface area contributed by atoms with E-state index in [0.29, 0.717) is 13.0 Å². The van der Waals surface area contributed by atoms with Crippen molar-refractivity contribution in [2.45, 2.75) is 32.0 Å². The zero-order valence-corrected chi connectivity index (χ0v) is 14.4. The second kappa shape index (κ2) is 4.25. The van der Waals surface area contributed by atoms with Gasteiger partial charge in [-0.25, -0.2) is 0 Å². The van der Waals surface area contributed by atoms with Gasteiger partial charge in [0.15, 0.2) is 0 Å². The molecule has 4 fully saturated rings. The van der Waals surface area contributed by atoms with Crippen LogP contribution in [0.15, 0.2) is 35.2 Å². The summed E-state index contributed by atoms with van der Waals surface area (Å²) in [5.74, 6) is -0.850. The quantitative estimate of drug-likeness (QED) is 0.612. The summed E-state index contributed by atoms with van der Waals surface area (Å²) < 4.78 is 16.3. The van der Waals surface area contributed by atoms with Gasteiger partial charge in [0.2, 0.25) is 0 Å². The molecule has 8 unspecified atom stereocenters. The molecule has 0 radical (unpaired) electrons. The van der Waals surface area contributed by atoms with E-state index >= 15 is 0 Å². The highest BCUT2D eigenvalue weighted by atomic mass is 16.6. The summed E-state index contributed by atoms with van der Waals surface area (Å²) in [4.78, 5) is 25.3. The van der Waals surface area contributed by atoms with Crippen molar-refractivity contribution in [2.24, 2.45) is 34.0 Å². The highest BCUT2D eigenvalue weighted by Gasteiger charge is 2.93. The summed E-state index contributed by atoms with van der Waals surface area (Å²) in [5, 5.41) is 11.2. The Labute approximate surface area is 150 Å². The molecule has 5 aliphatic rings. The highest BCUT2D eigenvalue weighted by Crippen LogP contribution is 2.87. The van der Waals surface area contributed by atoms with Gasteiger partial charge in [0, 0.05) is 16.9 Å². The molecule has 0 aromatic carbocycles. The largest absolute Gasteiger partial charge is 0.472 e. The van der Waals surface area contributed by atoms with Crippen LogP contribution in [0.5, 0.6) is 0 Å². The molecular formula is C20H20O6. The third-order valence-corrected chi connectivity index (χ3v) is 8.26. The van der Waals surface area contributed by atoms with Crippen molar-refractivity contribution in [1.82, 2.24) is 0 Å². The van der Waals surface area contributed by atoms with Crippen LogP contribution in [0.25, 0.3) is 0 Å². The molecule has 1 aromatic heterocycles. The number of carbonyl (C=O) groups excluding carboxylic acids is 2. The number of rotatable bonds is 1. The van der Waals surface area contributed by atoms with Crippen molar-refractivity contribution in [1.29, 1.82) is 0 Å². The van der Waals surface area contributed by atoms with Crippen molar-refractivity contribution >= 4 is 11.9 Å². The van der Waals surface area contributed by atoms with Crippen LogP contribution < -0.4 is 0 Å². The molecular weight excluding hydrogens is 336 g/mol. The average molecular weight is 356 g/mol. The summed E-state index contributed by atoms with van der Waals surface area (Å²) in [6.45, 7) is 2.42. The molecule has 1 aromatic rings. The lowest BCUT2D eigenvalue weighted by Crippen LogP contribution is -2.55. The zero-order valence-electron chi connectivity index (χ0n) is 14.4. The number of esters is 2. The van der Waals surface area contributed by atoms with E-state index < -0.39 is 28.5 Å². The third kappa shape index (κ3) is 1.27. The van der Waals surface area contributed by atoms with Crippen LogP contribution in [0.4, 0.5) is 0 Å². The van der Waals surface area contributed by atoms with E-state index in [0.717, 1.165) is 12.0 Å². The number of carbonyl (C=O) groups is 2. The molecule has 1 N–H and O–H groups in total. The molecule has 2 spiro atoms. The van der Waals surface area contributed by atoms with Gasteiger partial charge in [-0.3, -0.25) is 9.59 Å². The van der Waals surface area contributed by atoms with Gasteiger partial charge in [0.25, 0.3) is 0 Å². The summed E-state index contributed by atoms with van der Waals surface area (Å²) in [6.07, 6.45) is 7.12. The monoisotopic (exact) mass is 356 g/mol. The SMILES string of the molecule is CC12C3CC=CC4C(=O)OCC43CC(O)C13C(=O)OC(c1ccoc1)C23. The minimum absolute atomic E-state index is 0.104. The topological polar surface area (TPSA) is 86.0 Å². The van der Waals surface area contributed by atoms with Gasteiger partial charge in [-0.15, -0.1) is 0 Å². The van der Waals surface area contributed by atoms with E-state index in [1.54, 1.807) is 12.5 Å². The van der Waals surface area contributed by atoms with E-state index in [1.807, 2.05) is 18.2 Å². The maximum atomic E-state index is 13.0. The van der Waals surface area contributed by atoms with Crippen LogP contribution in [0, 0.1) is 34.0 Å². The van der Waals surface area contributed by atoms with Gasteiger partial charge in [0.05, 0.1) is 31.2 Å². The number of hydrogen-bond acceptors (Lipinski definition) is 6. The van der Waals surface area contributed by atoms with Gasteiger partial charge in [-0.1, -0.05) is 19.1 Å². The average Bonchev–Trinajstić information content (AvgIpc) is 3.06. The van der Waals surface area contributed by atoms with E-state index in [9.17, 15) is 14.7 Å². The Morgan fingerprint density at radius 3 is 2.92 bits per heavy atom. The number of furan rings is 1. The fourth-order valence-corrected chi connectivity index (χ4v) is 7.28. The lowest BCUT2D eigenvalue weighted by molar-refractivity contribution is -0.169. The summed E-state index contributed by atoms with van der Waals surface area (Å²) in [5.41, 5.74) is -0.888. The van der Waals surface area contributed by atoms with Gasteiger partial charge in [0.1, 0.15) is 11.5 Å². The molecule has 0 bridgehead atoms. The Hall–Kier alpha value is -2.08. The normalized spacial score (nSPS) is 53.2. The van der Waals surface area contributed by atoms with Crippen molar-refractivity contribution in [3.8, 4) is 0 Å². The van der Waals surface area contributed by atoms with Crippen LogP contribution in [0.1, 0.15) is 31.4 Å². The first-order chi connectivity index (χ1) is 12.5. The molecule has 6 heteroatoms. The summed E-state index contributed by atoms with van der Waals surface area (Å²) in [6, 6.07) is 1.82. The number of aliphatic hydroxyl groups excluding tert-OH is 1. The van der Waals surface area contributed by atoms with Crippen LogP contribution >= 0.6 is 0 Å². The first kappa shape index (κ1) is 15.0. The lowest BCUT2D eigenvalue weighted by atomic mass is 9.51. The predicted molar refractivity (Wildman–Crippen MR) is 86.3 cm³/mol. The van der Waals surface area contributed by atoms with Crippen molar-refractivity contribution in [2.75, 3.05) is 6.61 Å². The second-order valence-corrected chi connectivity index (χ2v) is 8.77. The second-order valence-electron chi connectivity index (χ2n) is 8.77. The first-order valence-corrected chi connectivity index (χ1v) is 9.22. The molecule has 2 saturated heterocycles. The van der Waals surface area contributed by atoms with Crippen molar-refractivity contribution < 1.29 is 28.6 Å². The lowest BCUT2D eigenvalue weighted by Gasteiger charge is -2.51. The highest BCUT2D eigenvalue weighted by molar-refractivity contribution is 5.88. The van der Waals surface area contributed by atoms with Crippen LogP contribution in [0.2, 0.25) is 0 Å². The Morgan fingerprint density at radius 1 is 1.31 bits per heavy atom. The third-order valence-electron chi connectivity index (χ3n) is 8.26. The molecule has 6 rings (SSSR count). The summed E-state index contributed by atoms with van der Waals surface area (Å²) in [7, 11) is 0. The number of aliphatic hydroxyl groups is 1. The fraction of sp³-hybridized carbons (Fsp3) is 0.600. The molecule has 6 nitrogen and oxygen atoms in total. The summed E-state index contributed by atoms with van der Waals surface area (Å²) >= 11 is 0. The fourth-order valence-electron chi connectivity index (χ4n) is 7.28. The molecule has 0 amide bonds. The number of ether oxygens (including phenoxy) is 2. The van der Waals surface area contributed by atoms with Crippen LogP contribution in [-0.2, 0) is 19.1 Å². The molecule has 2 aliphatic heterocycles. The zero-order chi connectivity index (χ0) is 17.9. The maximum Gasteiger partial charge on any atom is 0.316 e. The van der Waals surface area contributed by atoms with Gasteiger partial charge < -0.3 is 19.0 Å². The predicted octanol–water partition coefficient (Wildman–Crippen LogP) is 2.00. The van der Waals surface area contributed by atoms with E-state index in [2.05, 4.69) is 6.92 Å². The molecule has 2 saturated carbocycles. The van der Waals surface area contributed by atoms with Gasteiger partial charge in [-0.05, 0) is 30.2 Å². The molecule has 3 aliphatic carbocycles. The van der Waals surface area contributed by atoms with Gasteiger partial charge >= 0.3 is 11.9 Å². The van der Waals surface area contributed by atoms with Gasteiger partial charge in [-0.2, -0.15) is 0 Å². The van der Waals surface area contributed by atoms with E-state index in [-0.39, 0.29) is 29.7 Å². The number of fused-ring (bicyclic) bond motifs is 2. The van der Waals surface area contributed by atoms with Crippen molar-refractivity contribution in [3.63, 3.8) is 0 Å². The minimum Gasteiger partial charge on any atom is -0.472 e. The Bertz CT molecular complexity index is 858. The standard InChI is InChI=1S/C20H20O6/c1-18-12-4-2-3-11-16(22)25-9-19(11,12)7-13(21)20(18)15(18)14(26-17(20)23)10-5-6-24-8-10/h2-3,5-6,8,11-15,21H,4,7,9H2,1H3. The Morgan fingerprint density at radius 2 is 2.15 bits per heavy atom. The smallest absolute Gasteiger partial charge is 0.316 e. The van der Waals surface area contributed by atoms with Crippen LogP contribution in [0.3, 0.4) is 0 Å². The number of hydrogen-bond donors (Lipinski definition) is 1. The first-order valence-electron chi connectivity index (χ1n) is 9.22. The Kier molecular flexibility index (Phi) is 2.45. The maximum absolute atomic E-state index is 13.0. The number of cyclic esters (lactones) is 2. The molecule has 136 valence electrons.